The molecular formula is C11H10F2O2. The number of carbonyl (C=O) groups is 2. The maximum atomic E-state index is 12.6. The molecule has 0 aliphatic heterocycles. The molecule has 0 radical (unpaired) electrons. The number of benzene rings is 1. The summed E-state index contributed by atoms with van der Waals surface area (Å²) < 4.78 is 25.2. The summed E-state index contributed by atoms with van der Waals surface area (Å²) in [5, 5.41) is 0. The number of ketones is 1. The Bertz CT molecular complexity index is 411. The number of aryl methyl sites for hydroxylation is 1. The van der Waals surface area contributed by atoms with Crippen LogP contribution in [-0.2, 0) is 0 Å². The van der Waals surface area contributed by atoms with Crippen LogP contribution in [0, 0.1) is 6.92 Å². The maximum Gasteiger partial charge on any atom is 0.264 e. The van der Waals surface area contributed by atoms with Crippen molar-refractivity contribution in [3.05, 3.63) is 34.4 Å². The molecular weight excluding hydrogens is 202 g/mol. The number of hydrogen-bond donors (Lipinski definition) is 0. The summed E-state index contributed by atoms with van der Waals surface area (Å²) in [6.45, 7) is 2.77. The van der Waals surface area contributed by atoms with E-state index < -0.39 is 12.2 Å². The molecule has 4 heteroatoms. The van der Waals surface area contributed by atoms with E-state index in [4.69, 9.17) is 0 Å². The van der Waals surface area contributed by atoms with Gasteiger partial charge in [0.05, 0.1) is 0 Å². The number of hydrogen-bond acceptors (Lipinski definition) is 2. The summed E-state index contributed by atoms with van der Waals surface area (Å²) in [6.07, 6.45) is -2.32. The van der Waals surface area contributed by atoms with E-state index in [9.17, 15) is 18.4 Å². The van der Waals surface area contributed by atoms with Crippen LogP contribution in [0.15, 0.2) is 12.1 Å². The minimum atomic E-state index is -2.75. The summed E-state index contributed by atoms with van der Waals surface area (Å²) in [5.74, 6) is -0.521. The molecule has 0 N–H and O–H groups in total. The maximum absolute atomic E-state index is 12.6. The molecule has 0 fully saturated rings. The van der Waals surface area contributed by atoms with Gasteiger partial charge in [0, 0.05) is 16.7 Å². The molecule has 0 aromatic heterocycles. The Morgan fingerprint density at radius 1 is 1.40 bits per heavy atom. The Balaban J connectivity index is 3.54. The van der Waals surface area contributed by atoms with Crippen LogP contribution in [0.4, 0.5) is 8.78 Å². The van der Waals surface area contributed by atoms with E-state index in [1.165, 1.54) is 19.1 Å². The van der Waals surface area contributed by atoms with Crippen LogP contribution in [0.5, 0.6) is 0 Å². The largest absolute Gasteiger partial charge is 0.298 e. The first-order valence-electron chi connectivity index (χ1n) is 4.36. The summed E-state index contributed by atoms with van der Waals surface area (Å²) in [7, 11) is 0. The molecule has 80 valence electrons. The highest BCUT2D eigenvalue weighted by Crippen LogP contribution is 2.26. The van der Waals surface area contributed by atoms with Crippen molar-refractivity contribution in [1.82, 2.24) is 0 Å². The Morgan fingerprint density at radius 3 is 2.40 bits per heavy atom. The van der Waals surface area contributed by atoms with Crippen LogP contribution < -0.4 is 0 Å². The lowest BCUT2D eigenvalue weighted by molar-refractivity contribution is 0.0991. The third kappa shape index (κ3) is 2.26. The number of rotatable bonds is 3. The Kier molecular flexibility index (Phi) is 3.29. The second kappa shape index (κ2) is 4.29. The van der Waals surface area contributed by atoms with Crippen LogP contribution in [0.2, 0.25) is 0 Å². The zero-order chi connectivity index (χ0) is 11.6. The minimum absolute atomic E-state index is 0.0257. The lowest BCUT2D eigenvalue weighted by atomic mass is 9.96. The highest BCUT2D eigenvalue weighted by atomic mass is 19.3. The second-order valence-electron chi connectivity index (χ2n) is 3.29. The predicted octanol–water partition coefficient (Wildman–Crippen LogP) is 2.95. The summed E-state index contributed by atoms with van der Waals surface area (Å²) in [5.41, 5.74) is 0.0189. The van der Waals surface area contributed by atoms with Crippen molar-refractivity contribution < 1.29 is 18.4 Å². The molecule has 0 amide bonds. The lowest BCUT2D eigenvalue weighted by Crippen LogP contribution is -2.06. The lowest BCUT2D eigenvalue weighted by Gasteiger charge is -2.09. The van der Waals surface area contributed by atoms with Crippen LogP contribution in [0.3, 0.4) is 0 Å². The minimum Gasteiger partial charge on any atom is -0.298 e. The average Bonchev–Trinajstić information content (AvgIpc) is 2.15. The molecule has 15 heavy (non-hydrogen) atoms. The van der Waals surface area contributed by atoms with Gasteiger partial charge in [0.25, 0.3) is 6.43 Å². The summed E-state index contributed by atoms with van der Waals surface area (Å²) in [6, 6.07) is 2.66. The molecule has 0 saturated heterocycles. The van der Waals surface area contributed by atoms with Crippen molar-refractivity contribution in [2.24, 2.45) is 0 Å². The second-order valence-corrected chi connectivity index (χ2v) is 3.29. The van der Waals surface area contributed by atoms with Crippen molar-refractivity contribution in [1.29, 1.82) is 0 Å². The molecule has 0 bridgehead atoms. The fraction of sp³-hybridized carbons (Fsp3) is 0.273. The van der Waals surface area contributed by atoms with E-state index in [1.54, 1.807) is 6.92 Å². The Labute approximate surface area is 85.9 Å². The van der Waals surface area contributed by atoms with Gasteiger partial charge in [-0.05, 0) is 31.5 Å². The number of halogens is 2. The van der Waals surface area contributed by atoms with Crippen LogP contribution >= 0.6 is 0 Å². The van der Waals surface area contributed by atoms with Crippen LogP contribution in [0.25, 0.3) is 0 Å². The quantitative estimate of drug-likeness (QED) is 0.570. The van der Waals surface area contributed by atoms with E-state index >= 15 is 0 Å². The monoisotopic (exact) mass is 212 g/mol. The van der Waals surface area contributed by atoms with Gasteiger partial charge in [-0.2, -0.15) is 0 Å². The van der Waals surface area contributed by atoms with Crippen LogP contribution in [-0.4, -0.2) is 12.1 Å². The molecule has 0 saturated carbocycles. The van der Waals surface area contributed by atoms with Gasteiger partial charge in [-0.15, -0.1) is 0 Å². The number of aldehydes is 1. The first-order valence-corrected chi connectivity index (χ1v) is 4.36. The Morgan fingerprint density at radius 2 is 2.00 bits per heavy atom. The topological polar surface area (TPSA) is 34.1 Å². The van der Waals surface area contributed by atoms with Crippen molar-refractivity contribution in [3.63, 3.8) is 0 Å². The highest BCUT2D eigenvalue weighted by Gasteiger charge is 2.19. The first kappa shape index (κ1) is 11.5. The van der Waals surface area contributed by atoms with Gasteiger partial charge in [-0.25, -0.2) is 8.78 Å². The smallest absolute Gasteiger partial charge is 0.264 e. The van der Waals surface area contributed by atoms with Crippen molar-refractivity contribution in [2.45, 2.75) is 20.3 Å². The molecule has 0 aliphatic carbocycles. The van der Waals surface area contributed by atoms with Gasteiger partial charge >= 0.3 is 0 Å². The number of carbonyl (C=O) groups excluding carboxylic acids is 2. The molecule has 0 spiro atoms. The summed E-state index contributed by atoms with van der Waals surface area (Å²) >= 11 is 0. The van der Waals surface area contributed by atoms with Gasteiger partial charge in [0.15, 0.2) is 12.1 Å². The fourth-order valence-corrected chi connectivity index (χ4v) is 1.51. The molecule has 0 heterocycles. The highest BCUT2D eigenvalue weighted by molar-refractivity contribution is 6.02. The van der Waals surface area contributed by atoms with Gasteiger partial charge in [0.2, 0.25) is 0 Å². The average molecular weight is 212 g/mol. The molecule has 1 aromatic rings. The fourth-order valence-electron chi connectivity index (χ4n) is 1.51. The van der Waals surface area contributed by atoms with Crippen molar-refractivity contribution in [2.75, 3.05) is 0 Å². The molecule has 0 aliphatic rings. The summed E-state index contributed by atoms with van der Waals surface area (Å²) in [4.78, 5) is 21.8. The number of alkyl halides is 2. The van der Waals surface area contributed by atoms with E-state index in [0.717, 1.165) is 0 Å². The zero-order valence-electron chi connectivity index (χ0n) is 8.38. The van der Waals surface area contributed by atoms with Gasteiger partial charge < -0.3 is 0 Å². The van der Waals surface area contributed by atoms with Crippen molar-refractivity contribution >= 4 is 12.1 Å². The van der Waals surface area contributed by atoms with Crippen molar-refractivity contribution in [3.8, 4) is 0 Å². The Hall–Kier alpha value is -1.58. The first-order chi connectivity index (χ1) is 6.97. The van der Waals surface area contributed by atoms with E-state index in [1.807, 2.05) is 0 Å². The van der Waals surface area contributed by atoms with Crippen LogP contribution in [0.1, 0.15) is 45.2 Å². The molecule has 1 rings (SSSR count). The molecule has 0 atom stereocenters. The molecule has 1 aromatic carbocycles. The third-order valence-electron chi connectivity index (χ3n) is 2.06. The van der Waals surface area contributed by atoms with Gasteiger partial charge in [-0.1, -0.05) is 0 Å². The normalized spacial score (nSPS) is 10.5. The molecule has 0 unspecified atom stereocenters. The molecule has 2 nitrogen and oxygen atoms in total. The zero-order valence-corrected chi connectivity index (χ0v) is 8.38. The predicted molar refractivity (Wildman–Crippen MR) is 51.5 cm³/mol. The SMILES string of the molecule is CC(=O)c1c(C=O)cc(C)cc1C(F)F. The standard InChI is InChI=1S/C11H10F2O2/c1-6-3-8(5-14)10(7(2)15)9(4-6)11(12)13/h3-5,11H,1-2H3. The van der Waals surface area contributed by atoms with E-state index in [0.29, 0.717) is 11.8 Å². The van der Waals surface area contributed by atoms with Gasteiger partial charge in [-0.3, -0.25) is 9.59 Å². The van der Waals surface area contributed by atoms with E-state index in [-0.39, 0.29) is 16.7 Å². The van der Waals surface area contributed by atoms with Gasteiger partial charge in [0.1, 0.15) is 0 Å². The number of Topliss-reactive ketones (excluding diaryl/α,β-unsaturated/α-hetero) is 1. The third-order valence-corrected chi connectivity index (χ3v) is 2.06. The van der Waals surface area contributed by atoms with E-state index in [2.05, 4.69) is 0 Å².